The van der Waals surface area contributed by atoms with Crippen molar-refractivity contribution in [2.24, 2.45) is 0 Å². The molecule has 1 aromatic rings. The molecule has 6 heteroatoms. The third-order valence-corrected chi connectivity index (χ3v) is 1.97. The molecule has 0 aliphatic rings. The average Bonchev–Trinajstić information content (AvgIpc) is 2.36. The molecule has 2 amide bonds. The molecule has 0 fully saturated rings. The number of amides is 2. The summed E-state index contributed by atoms with van der Waals surface area (Å²) >= 11 is 0. The van der Waals surface area contributed by atoms with E-state index in [1.807, 2.05) is 0 Å². The van der Waals surface area contributed by atoms with Crippen LogP contribution in [0.3, 0.4) is 0 Å². The number of nitrogens with one attached hydrogen (secondary N) is 2. The van der Waals surface area contributed by atoms with Crippen LogP contribution in [0, 0.1) is 0 Å². The van der Waals surface area contributed by atoms with Crippen molar-refractivity contribution < 1.29 is 20.0 Å². The van der Waals surface area contributed by atoms with E-state index in [1.54, 1.807) is 6.07 Å². The summed E-state index contributed by atoms with van der Waals surface area (Å²) in [6, 6.07) is 4.25. The second-order valence-corrected chi connectivity index (χ2v) is 2.89. The van der Waals surface area contributed by atoms with Gasteiger partial charge in [-0.1, -0.05) is 18.7 Å². The van der Waals surface area contributed by atoms with Crippen LogP contribution in [-0.4, -0.2) is 22.2 Å². The Balaban J connectivity index is 3.32. The van der Waals surface area contributed by atoms with Gasteiger partial charge in [0.05, 0.1) is 11.1 Å². The van der Waals surface area contributed by atoms with Crippen LogP contribution in [0.1, 0.15) is 26.3 Å². The van der Waals surface area contributed by atoms with Crippen LogP contribution in [0.2, 0.25) is 0 Å². The first-order chi connectivity index (χ1) is 7.63. The fourth-order valence-electron chi connectivity index (χ4n) is 1.20. The molecule has 0 saturated heterocycles. The summed E-state index contributed by atoms with van der Waals surface area (Å²) < 4.78 is 0. The molecule has 0 heterocycles. The van der Waals surface area contributed by atoms with Crippen LogP contribution < -0.4 is 11.0 Å². The average molecular weight is 222 g/mol. The third kappa shape index (κ3) is 2.25. The van der Waals surface area contributed by atoms with Crippen molar-refractivity contribution in [1.82, 2.24) is 11.0 Å². The molecule has 0 atom stereocenters. The summed E-state index contributed by atoms with van der Waals surface area (Å²) in [6.07, 6.45) is 1.48. The molecule has 0 aromatic heterocycles. The highest BCUT2D eigenvalue weighted by Crippen LogP contribution is 2.13. The SMILES string of the molecule is C=Cc1ccc(C(=O)NO)c(C(=O)NO)c1. The Morgan fingerprint density at radius 1 is 1.12 bits per heavy atom. The van der Waals surface area contributed by atoms with Gasteiger partial charge in [0.15, 0.2) is 0 Å². The number of rotatable bonds is 3. The maximum Gasteiger partial charge on any atom is 0.275 e. The lowest BCUT2D eigenvalue weighted by molar-refractivity contribution is 0.0671. The number of carbonyl (C=O) groups is 2. The lowest BCUT2D eigenvalue weighted by Crippen LogP contribution is -2.26. The Hall–Kier alpha value is -2.18. The standard InChI is InChI=1S/C10H10N2O4/c1-2-6-3-4-7(9(13)11-15)8(5-6)10(14)12-16/h2-5,15-16H,1H2,(H,11,13)(H,12,14). The summed E-state index contributed by atoms with van der Waals surface area (Å²) in [5.41, 5.74) is 3.31. The van der Waals surface area contributed by atoms with Gasteiger partial charge in [-0.05, 0) is 17.7 Å². The van der Waals surface area contributed by atoms with Crippen molar-refractivity contribution >= 4 is 17.9 Å². The molecule has 84 valence electrons. The molecule has 0 aliphatic carbocycles. The fraction of sp³-hybridized carbons (Fsp3) is 0. The zero-order chi connectivity index (χ0) is 12.1. The Morgan fingerprint density at radius 3 is 2.19 bits per heavy atom. The summed E-state index contributed by atoms with van der Waals surface area (Å²) in [4.78, 5) is 22.5. The first-order valence-electron chi connectivity index (χ1n) is 4.29. The van der Waals surface area contributed by atoms with Crippen LogP contribution in [-0.2, 0) is 0 Å². The van der Waals surface area contributed by atoms with E-state index in [0.29, 0.717) is 5.56 Å². The molecule has 1 rings (SSSR count). The maximum absolute atomic E-state index is 11.3. The Morgan fingerprint density at radius 2 is 1.69 bits per heavy atom. The van der Waals surface area contributed by atoms with Gasteiger partial charge in [0.2, 0.25) is 0 Å². The molecule has 6 nitrogen and oxygen atoms in total. The van der Waals surface area contributed by atoms with E-state index in [0.717, 1.165) is 0 Å². The zero-order valence-electron chi connectivity index (χ0n) is 8.23. The Labute approximate surface area is 91.1 Å². The van der Waals surface area contributed by atoms with Crippen LogP contribution in [0.5, 0.6) is 0 Å². The van der Waals surface area contributed by atoms with Crippen molar-refractivity contribution in [2.75, 3.05) is 0 Å². The van der Waals surface area contributed by atoms with Gasteiger partial charge in [0.1, 0.15) is 0 Å². The highest BCUT2D eigenvalue weighted by atomic mass is 16.5. The minimum atomic E-state index is -0.845. The van der Waals surface area contributed by atoms with E-state index in [9.17, 15) is 9.59 Å². The smallest absolute Gasteiger partial charge is 0.275 e. The maximum atomic E-state index is 11.3. The number of carbonyl (C=O) groups excluding carboxylic acids is 2. The van der Waals surface area contributed by atoms with Crippen LogP contribution in [0.15, 0.2) is 24.8 Å². The number of benzene rings is 1. The lowest BCUT2D eigenvalue weighted by Gasteiger charge is -2.07. The summed E-state index contributed by atoms with van der Waals surface area (Å²) in [6.45, 7) is 3.51. The summed E-state index contributed by atoms with van der Waals surface area (Å²) in [5.74, 6) is -1.68. The van der Waals surface area contributed by atoms with Gasteiger partial charge in [-0.2, -0.15) is 0 Å². The normalized spacial score (nSPS) is 9.38. The fourth-order valence-corrected chi connectivity index (χ4v) is 1.20. The van der Waals surface area contributed by atoms with Gasteiger partial charge in [0.25, 0.3) is 11.8 Å². The van der Waals surface area contributed by atoms with Gasteiger partial charge in [-0.3, -0.25) is 20.0 Å². The van der Waals surface area contributed by atoms with Gasteiger partial charge in [0, 0.05) is 0 Å². The van der Waals surface area contributed by atoms with Crippen LogP contribution >= 0.6 is 0 Å². The predicted octanol–water partition coefficient (Wildman–Crippen LogP) is 0.568. The first-order valence-corrected chi connectivity index (χ1v) is 4.29. The van der Waals surface area contributed by atoms with Crippen LogP contribution in [0.25, 0.3) is 6.08 Å². The van der Waals surface area contributed by atoms with Crippen molar-refractivity contribution in [3.63, 3.8) is 0 Å². The van der Waals surface area contributed by atoms with Crippen molar-refractivity contribution in [3.8, 4) is 0 Å². The Kier molecular flexibility index (Phi) is 3.76. The van der Waals surface area contributed by atoms with E-state index < -0.39 is 11.8 Å². The largest absolute Gasteiger partial charge is 0.288 e. The highest BCUT2D eigenvalue weighted by molar-refractivity contribution is 6.06. The number of hydrogen-bond donors (Lipinski definition) is 4. The lowest BCUT2D eigenvalue weighted by atomic mass is 10.0. The van der Waals surface area contributed by atoms with E-state index in [-0.39, 0.29) is 11.1 Å². The minimum absolute atomic E-state index is 0.0559. The van der Waals surface area contributed by atoms with Crippen molar-refractivity contribution in [2.45, 2.75) is 0 Å². The molecule has 0 aliphatic heterocycles. The first kappa shape index (κ1) is 11.9. The highest BCUT2D eigenvalue weighted by Gasteiger charge is 2.16. The van der Waals surface area contributed by atoms with Gasteiger partial charge in [-0.25, -0.2) is 11.0 Å². The summed E-state index contributed by atoms with van der Waals surface area (Å²) in [7, 11) is 0. The molecule has 1 aromatic carbocycles. The molecule has 0 spiro atoms. The second kappa shape index (κ2) is 5.06. The molecule has 0 radical (unpaired) electrons. The van der Waals surface area contributed by atoms with E-state index >= 15 is 0 Å². The van der Waals surface area contributed by atoms with Crippen molar-refractivity contribution in [1.29, 1.82) is 0 Å². The number of hydroxylamine groups is 2. The van der Waals surface area contributed by atoms with Gasteiger partial charge in [-0.15, -0.1) is 0 Å². The monoisotopic (exact) mass is 222 g/mol. The Bertz CT molecular complexity index is 442. The van der Waals surface area contributed by atoms with Crippen molar-refractivity contribution in [3.05, 3.63) is 41.5 Å². The van der Waals surface area contributed by atoms with E-state index in [2.05, 4.69) is 6.58 Å². The zero-order valence-corrected chi connectivity index (χ0v) is 8.23. The summed E-state index contributed by atoms with van der Waals surface area (Å²) in [5, 5.41) is 17.0. The van der Waals surface area contributed by atoms with Gasteiger partial charge >= 0.3 is 0 Å². The molecule has 0 unspecified atom stereocenters. The molecule has 0 saturated carbocycles. The molecule has 0 bridgehead atoms. The van der Waals surface area contributed by atoms with E-state index in [4.69, 9.17) is 10.4 Å². The van der Waals surface area contributed by atoms with Gasteiger partial charge < -0.3 is 0 Å². The molecular formula is C10H10N2O4. The third-order valence-electron chi connectivity index (χ3n) is 1.97. The van der Waals surface area contributed by atoms with E-state index in [1.165, 1.54) is 29.2 Å². The molecule has 4 N–H and O–H groups in total. The minimum Gasteiger partial charge on any atom is -0.288 e. The second-order valence-electron chi connectivity index (χ2n) is 2.89. The topological polar surface area (TPSA) is 98.7 Å². The quantitative estimate of drug-likeness (QED) is 0.443. The predicted molar refractivity (Wildman–Crippen MR) is 55.0 cm³/mol. The molecule has 16 heavy (non-hydrogen) atoms. The molecular weight excluding hydrogens is 212 g/mol. The van der Waals surface area contributed by atoms with Crippen LogP contribution in [0.4, 0.5) is 0 Å². The number of hydrogen-bond acceptors (Lipinski definition) is 4.